The standard InChI is InChI=1S/C14H16N4S2/c1-11(2)18-14(8-15,12-6-4-3-5-7-12)9-19-13-16-10-17-20-13/h3-7,10-11,18H,9H2,1-2H3. The number of rotatable bonds is 6. The minimum absolute atomic E-state index is 0.213. The highest BCUT2D eigenvalue weighted by atomic mass is 32.2. The molecule has 0 amide bonds. The molecule has 0 aliphatic heterocycles. The van der Waals surface area contributed by atoms with Crippen molar-refractivity contribution in [2.75, 3.05) is 5.75 Å². The first-order chi connectivity index (χ1) is 9.66. The molecule has 2 rings (SSSR count). The van der Waals surface area contributed by atoms with E-state index in [0.717, 1.165) is 9.90 Å². The van der Waals surface area contributed by atoms with Crippen molar-refractivity contribution in [1.82, 2.24) is 14.7 Å². The molecule has 1 atom stereocenters. The van der Waals surface area contributed by atoms with E-state index in [4.69, 9.17) is 0 Å². The van der Waals surface area contributed by atoms with Crippen LogP contribution in [0.15, 0.2) is 41.0 Å². The molecule has 1 heterocycles. The van der Waals surface area contributed by atoms with Gasteiger partial charge in [-0.25, -0.2) is 4.98 Å². The summed E-state index contributed by atoms with van der Waals surface area (Å²) in [6.45, 7) is 4.09. The van der Waals surface area contributed by atoms with E-state index in [0.29, 0.717) is 5.75 Å². The SMILES string of the molecule is CC(C)NC(C#N)(CSc1ncns1)c1ccccc1. The fraction of sp³-hybridized carbons (Fsp3) is 0.357. The van der Waals surface area contributed by atoms with Crippen LogP contribution in [0.25, 0.3) is 0 Å². The topological polar surface area (TPSA) is 61.6 Å². The van der Waals surface area contributed by atoms with Crippen LogP contribution in [0, 0.1) is 11.3 Å². The summed E-state index contributed by atoms with van der Waals surface area (Å²) in [4.78, 5) is 4.16. The molecule has 0 saturated heterocycles. The van der Waals surface area contributed by atoms with Crippen LogP contribution in [0.2, 0.25) is 0 Å². The maximum Gasteiger partial charge on any atom is 0.169 e. The van der Waals surface area contributed by atoms with Gasteiger partial charge >= 0.3 is 0 Å². The van der Waals surface area contributed by atoms with Gasteiger partial charge in [0.2, 0.25) is 0 Å². The molecule has 0 saturated carbocycles. The average molecular weight is 304 g/mol. The normalized spacial score (nSPS) is 13.9. The van der Waals surface area contributed by atoms with Crippen LogP contribution in [0.3, 0.4) is 0 Å². The molecule has 1 aromatic carbocycles. The average Bonchev–Trinajstić information content (AvgIpc) is 2.97. The zero-order valence-electron chi connectivity index (χ0n) is 11.4. The lowest BCUT2D eigenvalue weighted by atomic mass is 9.92. The van der Waals surface area contributed by atoms with Crippen molar-refractivity contribution < 1.29 is 0 Å². The molecule has 1 N–H and O–H groups in total. The Bertz CT molecular complexity index is 563. The van der Waals surface area contributed by atoms with E-state index in [1.807, 2.05) is 44.2 Å². The van der Waals surface area contributed by atoms with Crippen LogP contribution in [-0.2, 0) is 5.54 Å². The summed E-state index contributed by atoms with van der Waals surface area (Å²) >= 11 is 2.91. The first-order valence-electron chi connectivity index (χ1n) is 6.30. The summed E-state index contributed by atoms with van der Waals surface area (Å²) in [7, 11) is 0. The first kappa shape index (κ1) is 15.0. The molecule has 2 aromatic rings. The number of thioether (sulfide) groups is 1. The number of hydrogen-bond acceptors (Lipinski definition) is 6. The molecule has 0 fully saturated rings. The fourth-order valence-electron chi connectivity index (χ4n) is 1.95. The maximum absolute atomic E-state index is 9.75. The van der Waals surface area contributed by atoms with Gasteiger partial charge in [-0.2, -0.15) is 9.64 Å². The monoisotopic (exact) mass is 304 g/mol. The van der Waals surface area contributed by atoms with Gasteiger partial charge in [-0.05, 0) is 30.9 Å². The summed E-state index contributed by atoms with van der Waals surface area (Å²) in [6, 6.07) is 12.5. The third-order valence-electron chi connectivity index (χ3n) is 2.75. The molecule has 0 aliphatic carbocycles. The van der Waals surface area contributed by atoms with Gasteiger partial charge in [0, 0.05) is 11.8 Å². The number of aromatic nitrogens is 2. The van der Waals surface area contributed by atoms with Gasteiger partial charge in [0.15, 0.2) is 4.34 Å². The summed E-state index contributed by atoms with van der Waals surface area (Å²) < 4.78 is 4.87. The van der Waals surface area contributed by atoms with Crippen molar-refractivity contribution in [3.05, 3.63) is 42.2 Å². The fourth-order valence-corrected chi connectivity index (χ4v) is 3.52. The quantitative estimate of drug-likeness (QED) is 0.831. The third kappa shape index (κ3) is 3.57. The predicted molar refractivity (Wildman–Crippen MR) is 82.6 cm³/mol. The lowest BCUT2D eigenvalue weighted by Crippen LogP contribution is -2.47. The highest BCUT2D eigenvalue weighted by Gasteiger charge is 2.33. The van der Waals surface area contributed by atoms with Gasteiger partial charge in [0.1, 0.15) is 11.9 Å². The van der Waals surface area contributed by atoms with E-state index < -0.39 is 5.54 Å². The van der Waals surface area contributed by atoms with Crippen LogP contribution in [0.4, 0.5) is 0 Å². The molecule has 1 aromatic heterocycles. The smallest absolute Gasteiger partial charge is 0.169 e. The van der Waals surface area contributed by atoms with E-state index in [1.54, 1.807) is 18.1 Å². The van der Waals surface area contributed by atoms with Gasteiger partial charge in [-0.1, -0.05) is 42.1 Å². The van der Waals surface area contributed by atoms with Gasteiger partial charge in [0.25, 0.3) is 0 Å². The Balaban J connectivity index is 2.25. The molecule has 6 heteroatoms. The maximum atomic E-state index is 9.75. The van der Waals surface area contributed by atoms with Crippen molar-refractivity contribution in [1.29, 1.82) is 5.26 Å². The molecular formula is C14H16N4S2. The lowest BCUT2D eigenvalue weighted by molar-refractivity contribution is 0.425. The minimum Gasteiger partial charge on any atom is -0.293 e. The first-order valence-corrected chi connectivity index (χ1v) is 8.06. The molecule has 0 radical (unpaired) electrons. The molecule has 0 aliphatic rings. The van der Waals surface area contributed by atoms with Crippen LogP contribution in [-0.4, -0.2) is 21.2 Å². The summed E-state index contributed by atoms with van der Waals surface area (Å²) in [5.41, 5.74) is 0.263. The third-order valence-corrected chi connectivity index (χ3v) is 4.71. The Morgan fingerprint density at radius 2 is 2.15 bits per heavy atom. The number of hydrogen-bond donors (Lipinski definition) is 1. The highest BCUT2D eigenvalue weighted by molar-refractivity contribution is 8.01. The Kier molecular flexibility index (Phi) is 5.12. The molecule has 1 unspecified atom stereocenters. The van der Waals surface area contributed by atoms with Crippen LogP contribution >= 0.6 is 23.3 Å². The molecule has 0 spiro atoms. The Morgan fingerprint density at radius 1 is 1.40 bits per heavy atom. The second-order valence-corrected chi connectivity index (χ2v) is 6.68. The van der Waals surface area contributed by atoms with Crippen LogP contribution in [0.1, 0.15) is 19.4 Å². The molecule has 0 bridgehead atoms. The Hall–Kier alpha value is -1.42. The molecule has 20 heavy (non-hydrogen) atoms. The van der Waals surface area contributed by atoms with Crippen LogP contribution in [0.5, 0.6) is 0 Å². The Labute approximate surface area is 127 Å². The van der Waals surface area contributed by atoms with Crippen molar-refractivity contribution >= 4 is 23.3 Å². The van der Waals surface area contributed by atoms with Gasteiger partial charge in [-0.15, -0.1) is 0 Å². The number of nitrogens with zero attached hydrogens (tertiary/aromatic N) is 3. The lowest BCUT2D eigenvalue weighted by Gasteiger charge is -2.30. The zero-order chi connectivity index (χ0) is 14.4. The largest absolute Gasteiger partial charge is 0.293 e. The van der Waals surface area contributed by atoms with Crippen molar-refractivity contribution in [2.24, 2.45) is 0 Å². The van der Waals surface area contributed by atoms with E-state index in [2.05, 4.69) is 20.7 Å². The van der Waals surface area contributed by atoms with E-state index in [9.17, 15) is 5.26 Å². The van der Waals surface area contributed by atoms with Gasteiger partial charge < -0.3 is 0 Å². The molecule has 104 valence electrons. The van der Waals surface area contributed by atoms with Crippen molar-refractivity contribution in [2.45, 2.75) is 29.8 Å². The number of nitriles is 1. The van der Waals surface area contributed by atoms with Crippen molar-refractivity contribution in [3.8, 4) is 6.07 Å². The molecule has 4 nitrogen and oxygen atoms in total. The van der Waals surface area contributed by atoms with E-state index >= 15 is 0 Å². The second kappa shape index (κ2) is 6.84. The summed E-state index contributed by atoms with van der Waals surface area (Å²) in [6.07, 6.45) is 1.54. The highest BCUT2D eigenvalue weighted by Crippen LogP contribution is 2.30. The predicted octanol–water partition coefficient (Wildman–Crippen LogP) is 3.05. The number of benzene rings is 1. The summed E-state index contributed by atoms with van der Waals surface area (Å²) in [5.74, 6) is 0.598. The van der Waals surface area contributed by atoms with Gasteiger partial charge in [-0.3, -0.25) is 5.32 Å². The second-order valence-electron chi connectivity index (χ2n) is 4.68. The minimum atomic E-state index is -0.717. The van der Waals surface area contributed by atoms with Crippen molar-refractivity contribution in [3.63, 3.8) is 0 Å². The molecular weight excluding hydrogens is 288 g/mol. The van der Waals surface area contributed by atoms with Crippen LogP contribution < -0.4 is 5.32 Å². The number of nitrogens with one attached hydrogen (secondary N) is 1. The summed E-state index contributed by atoms with van der Waals surface area (Å²) in [5, 5.41) is 13.1. The van der Waals surface area contributed by atoms with E-state index in [-0.39, 0.29) is 6.04 Å². The van der Waals surface area contributed by atoms with Gasteiger partial charge in [0.05, 0.1) is 6.07 Å². The Morgan fingerprint density at radius 3 is 2.70 bits per heavy atom. The van der Waals surface area contributed by atoms with E-state index in [1.165, 1.54) is 11.5 Å². The zero-order valence-corrected chi connectivity index (χ0v) is 13.0.